The zero-order valence-corrected chi connectivity index (χ0v) is 11.6. The highest BCUT2D eigenvalue weighted by atomic mass is 19.1. The second-order valence-electron chi connectivity index (χ2n) is 5.28. The Balaban J connectivity index is 1.65. The lowest BCUT2D eigenvalue weighted by Gasteiger charge is -2.17. The fraction of sp³-hybridized carbons (Fsp3) is 0.375. The minimum Gasteiger partial charge on any atom is -0.424 e. The van der Waals surface area contributed by atoms with Crippen LogP contribution in [0.15, 0.2) is 28.7 Å². The maximum absolute atomic E-state index is 12.9. The summed E-state index contributed by atoms with van der Waals surface area (Å²) in [4.78, 5) is 2.01. The van der Waals surface area contributed by atoms with Crippen molar-refractivity contribution in [2.75, 3.05) is 6.54 Å². The molecular weight excluding hydrogens is 269 g/mol. The van der Waals surface area contributed by atoms with Crippen LogP contribution in [0.1, 0.15) is 36.1 Å². The molecule has 5 heteroatoms. The number of terminal acetylenes is 1. The SMILES string of the molecule is C#CCN(Cc1ccc(F)cc1)Cc1nnc(C2CC2)o1. The third-order valence-corrected chi connectivity index (χ3v) is 3.40. The summed E-state index contributed by atoms with van der Waals surface area (Å²) in [6.07, 6.45) is 7.67. The van der Waals surface area contributed by atoms with E-state index >= 15 is 0 Å². The maximum atomic E-state index is 12.9. The molecule has 0 saturated heterocycles. The van der Waals surface area contributed by atoms with E-state index in [0.717, 1.165) is 24.3 Å². The predicted octanol–water partition coefficient (Wildman–Crippen LogP) is 2.72. The van der Waals surface area contributed by atoms with Crippen LogP contribution in [0.25, 0.3) is 0 Å². The second kappa shape index (κ2) is 6.06. The van der Waals surface area contributed by atoms with Gasteiger partial charge in [-0.15, -0.1) is 16.6 Å². The number of halogens is 1. The van der Waals surface area contributed by atoms with Gasteiger partial charge in [0.15, 0.2) is 0 Å². The zero-order valence-electron chi connectivity index (χ0n) is 11.6. The molecule has 0 bridgehead atoms. The molecule has 1 aliphatic rings. The van der Waals surface area contributed by atoms with Crippen LogP contribution >= 0.6 is 0 Å². The highest BCUT2D eigenvalue weighted by Gasteiger charge is 2.29. The number of hydrogen-bond donors (Lipinski definition) is 0. The Kier molecular flexibility index (Phi) is 3.98. The van der Waals surface area contributed by atoms with Crippen LogP contribution in [0, 0.1) is 18.2 Å². The molecule has 108 valence electrons. The van der Waals surface area contributed by atoms with Crippen LogP contribution in [-0.4, -0.2) is 21.6 Å². The maximum Gasteiger partial charge on any atom is 0.230 e. The molecule has 0 N–H and O–H groups in total. The molecule has 1 aliphatic carbocycles. The molecule has 0 spiro atoms. The summed E-state index contributed by atoms with van der Waals surface area (Å²) in [5, 5.41) is 8.13. The molecule has 0 aliphatic heterocycles. The van der Waals surface area contributed by atoms with Crippen LogP contribution in [-0.2, 0) is 13.1 Å². The molecule has 21 heavy (non-hydrogen) atoms. The summed E-state index contributed by atoms with van der Waals surface area (Å²) in [7, 11) is 0. The Labute approximate surface area is 123 Å². The van der Waals surface area contributed by atoms with Crippen molar-refractivity contribution in [2.45, 2.75) is 31.8 Å². The van der Waals surface area contributed by atoms with E-state index in [-0.39, 0.29) is 5.82 Å². The normalized spacial score (nSPS) is 14.3. The van der Waals surface area contributed by atoms with E-state index in [0.29, 0.717) is 31.4 Å². The van der Waals surface area contributed by atoms with Crippen molar-refractivity contribution in [1.29, 1.82) is 0 Å². The van der Waals surface area contributed by atoms with Crippen molar-refractivity contribution in [3.8, 4) is 12.3 Å². The zero-order chi connectivity index (χ0) is 14.7. The molecule has 3 rings (SSSR count). The molecule has 0 unspecified atom stereocenters. The molecule has 1 fully saturated rings. The van der Waals surface area contributed by atoms with E-state index in [9.17, 15) is 4.39 Å². The average Bonchev–Trinajstić information content (AvgIpc) is 3.22. The quantitative estimate of drug-likeness (QED) is 0.765. The topological polar surface area (TPSA) is 42.2 Å². The lowest BCUT2D eigenvalue weighted by Crippen LogP contribution is -2.23. The summed E-state index contributed by atoms with van der Waals surface area (Å²) in [5.41, 5.74) is 0.994. The van der Waals surface area contributed by atoms with Crippen LogP contribution in [0.3, 0.4) is 0 Å². The van der Waals surface area contributed by atoms with Gasteiger partial charge < -0.3 is 4.42 Å². The second-order valence-corrected chi connectivity index (χ2v) is 5.28. The summed E-state index contributed by atoms with van der Waals surface area (Å²) in [6.45, 7) is 1.59. The van der Waals surface area contributed by atoms with Gasteiger partial charge in [0.25, 0.3) is 0 Å². The Hall–Kier alpha value is -2.19. The standard InChI is InChI=1S/C16H16FN3O/c1-2-9-20(10-12-3-7-14(17)8-4-12)11-15-18-19-16(21-15)13-5-6-13/h1,3-4,7-8,13H,5-6,9-11H2. The number of benzene rings is 1. The first-order chi connectivity index (χ1) is 10.2. The van der Waals surface area contributed by atoms with Gasteiger partial charge in [-0.05, 0) is 30.5 Å². The molecular formula is C16H16FN3O. The minimum absolute atomic E-state index is 0.242. The van der Waals surface area contributed by atoms with Crippen molar-refractivity contribution in [1.82, 2.24) is 15.1 Å². The smallest absolute Gasteiger partial charge is 0.230 e. The Morgan fingerprint density at radius 2 is 2.00 bits per heavy atom. The summed E-state index contributed by atoms with van der Waals surface area (Å²) in [5.74, 6) is 4.14. The van der Waals surface area contributed by atoms with Crippen molar-refractivity contribution in [3.05, 3.63) is 47.4 Å². The molecule has 1 heterocycles. The Morgan fingerprint density at radius 3 is 2.67 bits per heavy atom. The summed E-state index contributed by atoms with van der Waals surface area (Å²) in [6, 6.07) is 6.40. The first-order valence-corrected chi connectivity index (χ1v) is 6.97. The lowest BCUT2D eigenvalue weighted by molar-refractivity contribution is 0.255. The van der Waals surface area contributed by atoms with Crippen molar-refractivity contribution in [2.24, 2.45) is 0 Å². The Bertz CT molecular complexity index is 640. The molecule has 0 atom stereocenters. The van der Waals surface area contributed by atoms with Gasteiger partial charge in [0, 0.05) is 12.5 Å². The van der Waals surface area contributed by atoms with Gasteiger partial charge in [-0.1, -0.05) is 18.1 Å². The third kappa shape index (κ3) is 3.67. The summed E-state index contributed by atoms with van der Waals surface area (Å²) < 4.78 is 18.6. The highest BCUT2D eigenvalue weighted by molar-refractivity contribution is 5.16. The number of hydrogen-bond acceptors (Lipinski definition) is 4. The fourth-order valence-corrected chi connectivity index (χ4v) is 2.16. The molecule has 1 aromatic heterocycles. The number of nitrogens with zero attached hydrogens (tertiary/aromatic N) is 3. The molecule has 4 nitrogen and oxygen atoms in total. The minimum atomic E-state index is -0.242. The van der Waals surface area contributed by atoms with Crippen molar-refractivity contribution in [3.63, 3.8) is 0 Å². The van der Waals surface area contributed by atoms with Gasteiger partial charge >= 0.3 is 0 Å². The van der Waals surface area contributed by atoms with Crippen LogP contribution in [0.5, 0.6) is 0 Å². The van der Waals surface area contributed by atoms with Gasteiger partial charge in [-0.3, -0.25) is 4.90 Å². The van der Waals surface area contributed by atoms with Gasteiger partial charge in [0.05, 0.1) is 13.1 Å². The lowest BCUT2D eigenvalue weighted by atomic mass is 10.2. The van der Waals surface area contributed by atoms with Gasteiger partial charge in [-0.25, -0.2) is 4.39 Å². The summed E-state index contributed by atoms with van der Waals surface area (Å²) >= 11 is 0. The van der Waals surface area contributed by atoms with Crippen LogP contribution < -0.4 is 0 Å². The van der Waals surface area contributed by atoms with E-state index in [1.54, 1.807) is 12.1 Å². The van der Waals surface area contributed by atoms with Gasteiger partial charge in [0.1, 0.15) is 5.82 Å². The van der Waals surface area contributed by atoms with Crippen molar-refractivity contribution >= 4 is 0 Å². The average molecular weight is 285 g/mol. The number of aromatic nitrogens is 2. The monoisotopic (exact) mass is 285 g/mol. The van der Waals surface area contributed by atoms with E-state index in [1.165, 1.54) is 12.1 Å². The highest BCUT2D eigenvalue weighted by Crippen LogP contribution is 2.39. The fourth-order valence-electron chi connectivity index (χ4n) is 2.16. The van der Waals surface area contributed by atoms with Crippen LogP contribution in [0.4, 0.5) is 4.39 Å². The van der Waals surface area contributed by atoms with E-state index in [2.05, 4.69) is 16.1 Å². The molecule has 2 aromatic rings. The van der Waals surface area contributed by atoms with E-state index in [4.69, 9.17) is 10.8 Å². The van der Waals surface area contributed by atoms with Gasteiger partial charge in [0.2, 0.25) is 11.8 Å². The van der Waals surface area contributed by atoms with Crippen LogP contribution in [0.2, 0.25) is 0 Å². The van der Waals surface area contributed by atoms with E-state index in [1.807, 2.05) is 4.90 Å². The van der Waals surface area contributed by atoms with E-state index < -0.39 is 0 Å². The molecule has 0 radical (unpaired) electrons. The first kappa shape index (κ1) is 13.8. The first-order valence-electron chi connectivity index (χ1n) is 6.97. The number of rotatable bonds is 6. The molecule has 1 aromatic carbocycles. The molecule has 1 saturated carbocycles. The Morgan fingerprint density at radius 1 is 1.24 bits per heavy atom. The predicted molar refractivity (Wildman–Crippen MR) is 75.6 cm³/mol. The third-order valence-electron chi connectivity index (χ3n) is 3.40. The van der Waals surface area contributed by atoms with Gasteiger partial charge in [-0.2, -0.15) is 0 Å². The largest absolute Gasteiger partial charge is 0.424 e. The van der Waals surface area contributed by atoms with Crippen molar-refractivity contribution < 1.29 is 8.81 Å². The molecule has 0 amide bonds.